The van der Waals surface area contributed by atoms with Crippen molar-refractivity contribution in [1.29, 1.82) is 5.26 Å². The zero-order valence-electron chi connectivity index (χ0n) is 11.2. The molecule has 0 aliphatic rings. The van der Waals surface area contributed by atoms with Crippen LogP contribution in [0.2, 0.25) is 0 Å². The average Bonchev–Trinajstić information content (AvgIpc) is 2.47. The third-order valence-electron chi connectivity index (χ3n) is 2.87. The first-order valence-electron chi connectivity index (χ1n) is 6.28. The summed E-state index contributed by atoms with van der Waals surface area (Å²) in [7, 11) is 1.80. The van der Waals surface area contributed by atoms with E-state index in [2.05, 4.69) is 11.4 Å². The molecule has 1 N–H and O–H groups in total. The van der Waals surface area contributed by atoms with E-state index in [0.717, 1.165) is 11.1 Å². The van der Waals surface area contributed by atoms with Crippen LogP contribution in [0, 0.1) is 17.1 Å². The number of ether oxygens (including phenoxy) is 1. The number of hydrogen-bond acceptors (Lipinski definition) is 3. The first kappa shape index (κ1) is 14.0. The third-order valence-corrected chi connectivity index (χ3v) is 2.87. The molecule has 2 aromatic rings. The van der Waals surface area contributed by atoms with E-state index >= 15 is 0 Å². The van der Waals surface area contributed by atoms with Crippen molar-refractivity contribution in [1.82, 2.24) is 5.32 Å². The average molecular weight is 270 g/mol. The minimum absolute atomic E-state index is 0.277. The van der Waals surface area contributed by atoms with Crippen LogP contribution in [0.3, 0.4) is 0 Å². The maximum Gasteiger partial charge on any atom is 0.124 e. The fourth-order valence-electron chi connectivity index (χ4n) is 1.85. The summed E-state index contributed by atoms with van der Waals surface area (Å²) in [4.78, 5) is 0. The molecule has 0 radical (unpaired) electrons. The molecule has 3 nitrogen and oxygen atoms in total. The lowest BCUT2D eigenvalue weighted by Gasteiger charge is -2.11. The highest BCUT2D eigenvalue weighted by atomic mass is 19.1. The van der Waals surface area contributed by atoms with Gasteiger partial charge >= 0.3 is 0 Å². The van der Waals surface area contributed by atoms with Crippen LogP contribution in [0.25, 0.3) is 0 Å². The molecule has 0 aliphatic heterocycles. The summed E-state index contributed by atoms with van der Waals surface area (Å²) in [6, 6.07) is 13.7. The van der Waals surface area contributed by atoms with E-state index in [-0.39, 0.29) is 5.82 Å². The number of halogens is 1. The van der Waals surface area contributed by atoms with Gasteiger partial charge in [-0.25, -0.2) is 4.39 Å². The molecule has 2 aromatic carbocycles. The predicted octanol–water partition coefficient (Wildman–Crippen LogP) is 3.00. The minimum atomic E-state index is -0.277. The van der Waals surface area contributed by atoms with E-state index in [0.29, 0.717) is 24.5 Å². The van der Waals surface area contributed by atoms with Crippen LogP contribution in [0.5, 0.6) is 5.75 Å². The summed E-state index contributed by atoms with van der Waals surface area (Å²) in [6.07, 6.45) is 0. The van der Waals surface area contributed by atoms with Crippen LogP contribution in [0.4, 0.5) is 4.39 Å². The third kappa shape index (κ3) is 3.56. The number of hydrogen-bond donors (Lipinski definition) is 1. The second kappa shape index (κ2) is 6.69. The number of nitrogens with one attached hydrogen (secondary N) is 1. The zero-order chi connectivity index (χ0) is 14.4. The Kier molecular flexibility index (Phi) is 4.70. The summed E-state index contributed by atoms with van der Waals surface area (Å²) in [5, 5.41) is 11.7. The highest BCUT2D eigenvalue weighted by Gasteiger charge is 2.05. The van der Waals surface area contributed by atoms with E-state index in [1.54, 1.807) is 25.2 Å². The molecule has 2 rings (SSSR count). The van der Waals surface area contributed by atoms with Gasteiger partial charge in [0.2, 0.25) is 0 Å². The van der Waals surface area contributed by atoms with Crippen molar-refractivity contribution < 1.29 is 9.13 Å². The lowest BCUT2D eigenvalue weighted by atomic mass is 10.1. The van der Waals surface area contributed by atoms with Crippen LogP contribution in [0.1, 0.15) is 16.7 Å². The Hall–Kier alpha value is -2.38. The topological polar surface area (TPSA) is 45.0 Å². The predicted molar refractivity (Wildman–Crippen MR) is 74.7 cm³/mol. The highest BCUT2D eigenvalue weighted by molar-refractivity contribution is 5.35. The summed E-state index contributed by atoms with van der Waals surface area (Å²) in [6.45, 7) is 0.925. The number of nitriles is 1. The second-order valence-corrected chi connectivity index (χ2v) is 4.38. The minimum Gasteiger partial charge on any atom is -0.489 e. The van der Waals surface area contributed by atoms with E-state index in [9.17, 15) is 4.39 Å². The van der Waals surface area contributed by atoms with Crippen molar-refractivity contribution in [3.8, 4) is 11.8 Å². The summed E-state index contributed by atoms with van der Waals surface area (Å²) >= 11 is 0. The molecule has 0 atom stereocenters. The monoisotopic (exact) mass is 270 g/mol. The molecular weight excluding hydrogens is 255 g/mol. The van der Waals surface area contributed by atoms with E-state index in [1.165, 1.54) is 12.1 Å². The van der Waals surface area contributed by atoms with Gasteiger partial charge in [-0.15, -0.1) is 0 Å². The quantitative estimate of drug-likeness (QED) is 0.908. The molecule has 0 spiro atoms. The first-order chi connectivity index (χ1) is 9.72. The summed E-state index contributed by atoms with van der Waals surface area (Å²) in [5.74, 6) is 0.381. The van der Waals surface area contributed by atoms with E-state index in [4.69, 9.17) is 10.00 Å². The van der Waals surface area contributed by atoms with Gasteiger partial charge in [-0.1, -0.05) is 12.1 Å². The van der Waals surface area contributed by atoms with Crippen LogP contribution < -0.4 is 10.1 Å². The Labute approximate surface area is 117 Å². The fraction of sp³-hybridized carbons (Fsp3) is 0.188. The molecule has 20 heavy (non-hydrogen) atoms. The van der Waals surface area contributed by atoms with Gasteiger partial charge in [-0.2, -0.15) is 5.26 Å². The fourth-order valence-corrected chi connectivity index (χ4v) is 1.85. The van der Waals surface area contributed by atoms with Gasteiger partial charge in [0.05, 0.1) is 11.6 Å². The number of nitrogens with zero attached hydrogens (tertiary/aromatic N) is 1. The summed E-state index contributed by atoms with van der Waals surface area (Å²) < 4.78 is 18.9. The van der Waals surface area contributed by atoms with Gasteiger partial charge in [0.1, 0.15) is 18.2 Å². The molecule has 0 aromatic heterocycles. The van der Waals surface area contributed by atoms with Crippen LogP contribution >= 0.6 is 0 Å². The van der Waals surface area contributed by atoms with Crippen molar-refractivity contribution in [2.75, 3.05) is 7.05 Å². The zero-order valence-corrected chi connectivity index (χ0v) is 11.2. The van der Waals surface area contributed by atoms with Crippen LogP contribution in [-0.2, 0) is 13.2 Å². The Bertz CT molecular complexity index is 617. The molecular formula is C16H15FN2O. The van der Waals surface area contributed by atoms with Crippen molar-refractivity contribution in [2.24, 2.45) is 0 Å². The molecule has 0 aliphatic carbocycles. The molecule has 0 saturated carbocycles. The Morgan fingerprint density at radius 2 is 1.95 bits per heavy atom. The number of benzene rings is 2. The van der Waals surface area contributed by atoms with Crippen molar-refractivity contribution in [2.45, 2.75) is 13.2 Å². The maximum absolute atomic E-state index is 13.2. The molecule has 0 unspecified atom stereocenters. The van der Waals surface area contributed by atoms with Crippen molar-refractivity contribution >= 4 is 0 Å². The van der Waals surface area contributed by atoms with Gasteiger partial charge in [-0.05, 0) is 42.9 Å². The maximum atomic E-state index is 13.2. The van der Waals surface area contributed by atoms with Crippen molar-refractivity contribution in [3.63, 3.8) is 0 Å². The molecule has 4 heteroatoms. The van der Waals surface area contributed by atoms with E-state index < -0.39 is 0 Å². The molecule has 0 heterocycles. The second-order valence-electron chi connectivity index (χ2n) is 4.38. The SMILES string of the molecule is CNCc1cc(F)ccc1OCc1ccc(C#N)cc1. The highest BCUT2D eigenvalue weighted by Crippen LogP contribution is 2.21. The molecule has 0 bridgehead atoms. The van der Waals surface area contributed by atoms with Gasteiger partial charge < -0.3 is 10.1 Å². The number of rotatable bonds is 5. The van der Waals surface area contributed by atoms with Gasteiger partial charge in [0.25, 0.3) is 0 Å². The Morgan fingerprint density at radius 1 is 1.20 bits per heavy atom. The molecule has 0 amide bonds. The standard InChI is InChI=1S/C16H15FN2O/c1-19-10-14-8-15(17)6-7-16(14)20-11-13-4-2-12(9-18)3-5-13/h2-8,19H,10-11H2,1H3. The van der Waals surface area contributed by atoms with Gasteiger partial charge in [0.15, 0.2) is 0 Å². The Balaban J connectivity index is 2.08. The molecule has 0 saturated heterocycles. The van der Waals surface area contributed by atoms with Gasteiger partial charge in [0, 0.05) is 12.1 Å². The van der Waals surface area contributed by atoms with E-state index in [1.807, 2.05) is 12.1 Å². The normalized spacial score (nSPS) is 10.1. The van der Waals surface area contributed by atoms with Crippen molar-refractivity contribution in [3.05, 3.63) is 65.0 Å². The first-order valence-corrected chi connectivity index (χ1v) is 6.28. The van der Waals surface area contributed by atoms with Crippen LogP contribution in [0.15, 0.2) is 42.5 Å². The van der Waals surface area contributed by atoms with Crippen LogP contribution in [-0.4, -0.2) is 7.05 Å². The van der Waals surface area contributed by atoms with Gasteiger partial charge in [-0.3, -0.25) is 0 Å². The lowest BCUT2D eigenvalue weighted by molar-refractivity contribution is 0.302. The largest absolute Gasteiger partial charge is 0.489 e. The lowest BCUT2D eigenvalue weighted by Crippen LogP contribution is -2.08. The summed E-state index contributed by atoms with van der Waals surface area (Å²) in [5.41, 5.74) is 2.36. The molecule has 0 fully saturated rings. The Morgan fingerprint density at radius 3 is 2.60 bits per heavy atom. The smallest absolute Gasteiger partial charge is 0.124 e. The molecule has 102 valence electrons.